The molecular formula is C5H5I2Rh. The van der Waals surface area contributed by atoms with E-state index in [0.717, 1.165) is 6.42 Å². The minimum absolute atomic E-state index is 0. The van der Waals surface area contributed by atoms with Crippen molar-refractivity contribution in [1.29, 1.82) is 0 Å². The van der Waals surface area contributed by atoms with Crippen LogP contribution in [0.15, 0.2) is 18.2 Å². The summed E-state index contributed by atoms with van der Waals surface area (Å²) in [6, 6.07) is 0. The van der Waals surface area contributed by atoms with Crippen molar-refractivity contribution in [3.8, 4) is 0 Å². The molecule has 48 valence electrons. The average Bonchev–Trinajstić information content (AvgIpc) is 1.76. The Hall–Kier alpha value is 1.56. The maximum atomic E-state index is 2.99. The van der Waals surface area contributed by atoms with E-state index in [1.165, 1.54) is 0 Å². The number of rotatable bonds is 0. The summed E-state index contributed by atoms with van der Waals surface area (Å²) >= 11 is 0. The Morgan fingerprint density at radius 2 is 1.88 bits per heavy atom. The van der Waals surface area contributed by atoms with Crippen LogP contribution < -0.4 is 48.0 Å². The van der Waals surface area contributed by atoms with E-state index < -0.39 is 0 Å². The largest absolute Gasteiger partial charge is 3.00 e. The van der Waals surface area contributed by atoms with Crippen LogP contribution in [0.4, 0.5) is 0 Å². The zero-order valence-corrected chi connectivity index (χ0v) is 9.98. The molecule has 0 aromatic heterocycles. The molecule has 0 heterocycles. The third-order valence-electron chi connectivity index (χ3n) is 0.586. The van der Waals surface area contributed by atoms with E-state index in [9.17, 15) is 0 Å². The van der Waals surface area contributed by atoms with E-state index in [-0.39, 0.29) is 67.4 Å². The van der Waals surface area contributed by atoms with Gasteiger partial charge in [-0.05, 0) is 0 Å². The van der Waals surface area contributed by atoms with E-state index >= 15 is 0 Å². The van der Waals surface area contributed by atoms with Gasteiger partial charge in [0.25, 0.3) is 0 Å². The topological polar surface area (TPSA) is 0 Å². The Kier molecular flexibility index (Phi) is 23.1. The normalized spacial score (nSPS) is 11.0. The second-order valence-corrected chi connectivity index (χ2v) is 1.00. The molecule has 0 saturated heterocycles. The first-order valence-electron chi connectivity index (χ1n) is 1.72. The SMILES string of the molecule is [C-]1=CC=CC1.[I-].[I-].[Rh+3]. The van der Waals surface area contributed by atoms with Crippen LogP contribution in [-0.2, 0) is 19.5 Å². The molecule has 0 fully saturated rings. The fraction of sp³-hybridized carbons (Fsp3) is 0.200. The quantitative estimate of drug-likeness (QED) is 0.210. The summed E-state index contributed by atoms with van der Waals surface area (Å²) in [6.07, 6.45) is 10.0. The van der Waals surface area contributed by atoms with Crippen molar-refractivity contribution in [3.05, 3.63) is 24.3 Å². The van der Waals surface area contributed by atoms with Gasteiger partial charge in [-0.15, -0.1) is 6.42 Å². The molecule has 3 heteroatoms. The standard InChI is InChI=1S/C5H5.2HI.Rh/c1-2-4-5-3-1;;;/h1-3H,4H2;2*1H;/q-1;;;+3/p-2. The molecule has 0 aromatic rings. The summed E-state index contributed by atoms with van der Waals surface area (Å²) < 4.78 is 0. The van der Waals surface area contributed by atoms with Gasteiger partial charge >= 0.3 is 19.5 Å². The van der Waals surface area contributed by atoms with Crippen LogP contribution >= 0.6 is 0 Å². The third-order valence-corrected chi connectivity index (χ3v) is 0.586. The molecule has 0 N–H and O–H groups in total. The van der Waals surface area contributed by atoms with Gasteiger partial charge in [-0.25, -0.2) is 12.2 Å². The summed E-state index contributed by atoms with van der Waals surface area (Å²) in [6.45, 7) is 0. The Morgan fingerprint density at radius 3 is 2.00 bits per heavy atom. The first-order chi connectivity index (χ1) is 2.50. The van der Waals surface area contributed by atoms with Crippen LogP contribution in [0.3, 0.4) is 0 Å². The molecular weight excluding hydrogens is 417 g/mol. The molecule has 1 aliphatic rings. The van der Waals surface area contributed by atoms with E-state index in [1.807, 2.05) is 12.2 Å². The molecule has 1 rings (SSSR count). The molecule has 0 atom stereocenters. The fourth-order valence-corrected chi connectivity index (χ4v) is 0.340. The van der Waals surface area contributed by atoms with Gasteiger partial charge in [0.2, 0.25) is 0 Å². The van der Waals surface area contributed by atoms with Crippen LogP contribution in [0, 0.1) is 6.08 Å². The maximum absolute atomic E-state index is 2.99. The number of hydrogen-bond donors (Lipinski definition) is 0. The molecule has 0 unspecified atom stereocenters. The minimum Gasteiger partial charge on any atom is -1.00 e. The van der Waals surface area contributed by atoms with Crippen LogP contribution in [0.5, 0.6) is 0 Å². The van der Waals surface area contributed by atoms with Crippen molar-refractivity contribution in [2.75, 3.05) is 0 Å². The van der Waals surface area contributed by atoms with Crippen molar-refractivity contribution in [2.45, 2.75) is 6.42 Å². The van der Waals surface area contributed by atoms with Crippen molar-refractivity contribution in [2.24, 2.45) is 0 Å². The van der Waals surface area contributed by atoms with Crippen molar-refractivity contribution < 1.29 is 67.4 Å². The zero-order valence-electron chi connectivity index (χ0n) is 4.03. The van der Waals surface area contributed by atoms with E-state index in [1.54, 1.807) is 0 Å². The Balaban J connectivity index is -0.0000000833. The van der Waals surface area contributed by atoms with E-state index in [2.05, 4.69) is 12.2 Å². The number of halogens is 2. The molecule has 0 aliphatic heterocycles. The van der Waals surface area contributed by atoms with Crippen LogP contribution in [0.1, 0.15) is 6.42 Å². The molecule has 1 aliphatic carbocycles. The minimum atomic E-state index is 0. The first-order valence-corrected chi connectivity index (χ1v) is 1.72. The number of hydrogen-bond acceptors (Lipinski definition) is 0. The second kappa shape index (κ2) is 11.4. The van der Waals surface area contributed by atoms with Crippen LogP contribution in [0.25, 0.3) is 0 Å². The molecule has 0 saturated carbocycles. The van der Waals surface area contributed by atoms with Gasteiger partial charge in [0.05, 0.1) is 0 Å². The summed E-state index contributed by atoms with van der Waals surface area (Å²) in [5.74, 6) is 0. The molecule has 0 bridgehead atoms. The monoisotopic (exact) mass is 422 g/mol. The van der Waals surface area contributed by atoms with Gasteiger partial charge in [-0.3, -0.25) is 6.08 Å². The molecule has 0 nitrogen and oxygen atoms in total. The second-order valence-electron chi connectivity index (χ2n) is 1.00. The van der Waals surface area contributed by atoms with Gasteiger partial charge in [-0.1, -0.05) is 0 Å². The Labute approximate surface area is 97.0 Å². The molecule has 0 radical (unpaired) electrons. The predicted molar refractivity (Wildman–Crippen MR) is 21.6 cm³/mol. The Morgan fingerprint density at radius 1 is 1.25 bits per heavy atom. The van der Waals surface area contributed by atoms with Crippen LogP contribution in [-0.4, -0.2) is 0 Å². The van der Waals surface area contributed by atoms with Gasteiger partial charge in [0, 0.05) is 0 Å². The summed E-state index contributed by atoms with van der Waals surface area (Å²) in [5, 5.41) is 0. The Bertz CT molecular complexity index is 68.5. The summed E-state index contributed by atoms with van der Waals surface area (Å²) in [4.78, 5) is 0. The van der Waals surface area contributed by atoms with Gasteiger partial charge in [-0.2, -0.15) is 6.08 Å². The average molecular weight is 422 g/mol. The fourth-order valence-electron chi connectivity index (χ4n) is 0.340. The summed E-state index contributed by atoms with van der Waals surface area (Å²) in [7, 11) is 0. The first kappa shape index (κ1) is 16.3. The van der Waals surface area contributed by atoms with Gasteiger partial charge < -0.3 is 48.0 Å². The molecule has 0 amide bonds. The van der Waals surface area contributed by atoms with E-state index in [4.69, 9.17) is 0 Å². The predicted octanol–water partition coefficient (Wildman–Crippen LogP) is -4.69. The zero-order chi connectivity index (χ0) is 3.54. The van der Waals surface area contributed by atoms with Gasteiger partial charge in [0.1, 0.15) is 0 Å². The van der Waals surface area contributed by atoms with Gasteiger partial charge in [0.15, 0.2) is 0 Å². The van der Waals surface area contributed by atoms with Crippen molar-refractivity contribution in [3.63, 3.8) is 0 Å². The van der Waals surface area contributed by atoms with Crippen molar-refractivity contribution in [1.82, 2.24) is 0 Å². The third kappa shape index (κ3) is 7.56. The van der Waals surface area contributed by atoms with Crippen molar-refractivity contribution >= 4 is 0 Å². The number of allylic oxidation sites excluding steroid dienone is 4. The molecule has 0 aromatic carbocycles. The smallest absolute Gasteiger partial charge is 1.00 e. The molecule has 8 heavy (non-hydrogen) atoms. The van der Waals surface area contributed by atoms with Crippen LogP contribution in [0.2, 0.25) is 0 Å². The van der Waals surface area contributed by atoms with E-state index in [0.29, 0.717) is 0 Å². The summed E-state index contributed by atoms with van der Waals surface area (Å²) in [5.41, 5.74) is 0. The molecule has 0 spiro atoms. The maximum Gasteiger partial charge on any atom is 3.00 e.